The van der Waals surface area contributed by atoms with E-state index in [0.717, 1.165) is 42.4 Å². The Morgan fingerprint density at radius 1 is 0.613 bits per heavy atom. The monoisotopic (exact) mass is 412 g/mol. The van der Waals surface area contributed by atoms with Crippen LogP contribution in [0.2, 0.25) is 0 Å². The van der Waals surface area contributed by atoms with Crippen LogP contribution < -0.4 is 0 Å². The molecule has 0 aliphatic carbocycles. The summed E-state index contributed by atoms with van der Waals surface area (Å²) in [6.07, 6.45) is 4.47. The number of benzene rings is 3. The molecule has 0 amide bonds. The molecule has 0 aromatic heterocycles. The highest BCUT2D eigenvalue weighted by atomic mass is 19.2. The SMILES string of the molecule is CCCCCc1ccc(C#Cc2ccc(C#Cc3ccc(CC)cc3)cc2)c(F)c1F. The fourth-order valence-electron chi connectivity index (χ4n) is 3.19. The second-order valence-electron chi connectivity index (χ2n) is 7.49. The summed E-state index contributed by atoms with van der Waals surface area (Å²) in [7, 11) is 0. The average Bonchev–Trinajstić information content (AvgIpc) is 2.81. The fourth-order valence-corrected chi connectivity index (χ4v) is 3.19. The lowest BCUT2D eigenvalue weighted by molar-refractivity contribution is 0.494. The number of aryl methyl sites for hydroxylation is 2. The van der Waals surface area contributed by atoms with Crippen molar-refractivity contribution in [1.29, 1.82) is 0 Å². The summed E-state index contributed by atoms with van der Waals surface area (Å²) in [5.74, 6) is 10.3. The topological polar surface area (TPSA) is 0 Å². The van der Waals surface area contributed by atoms with Crippen LogP contribution in [0.1, 0.15) is 66.5 Å². The first kappa shape index (κ1) is 22.3. The van der Waals surface area contributed by atoms with Crippen LogP contribution in [-0.4, -0.2) is 0 Å². The van der Waals surface area contributed by atoms with Gasteiger partial charge in [-0.3, -0.25) is 0 Å². The van der Waals surface area contributed by atoms with Crippen molar-refractivity contribution in [3.8, 4) is 23.7 Å². The summed E-state index contributed by atoms with van der Waals surface area (Å²) in [6, 6.07) is 18.9. The molecule has 0 saturated carbocycles. The summed E-state index contributed by atoms with van der Waals surface area (Å²) in [5, 5.41) is 0. The van der Waals surface area contributed by atoms with E-state index in [0.29, 0.717) is 12.0 Å². The second kappa shape index (κ2) is 11.1. The molecule has 0 fully saturated rings. The fraction of sp³-hybridized carbons (Fsp3) is 0.241. The van der Waals surface area contributed by atoms with Crippen LogP contribution in [0.3, 0.4) is 0 Å². The smallest absolute Gasteiger partial charge is 0.174 e. The standard InChI is InChI=1S/C29H26F2/c1-3-5-6-7-26-20-21-27(29(31)28(26)30)19-18-25-16-14-24(15-17-25)13-12-23-10-8-22(4-2)9-11-23/h8-11,14-17,20-21H,3-7H2,1-2H3. The Labute approximate surface area is 184 Å². The zero-order valence-electron chi connectivity index (χ0n) is 18.1. The molecular weight excluding hydrogens is 386 g/mol. The number of rotatable bonds is 5. The van der Waals surface area contributed by atoms with E-state index >= 15 is 0 Å². The van der Waals surface area contributed by atoms with E-state index in [2.05, 4.69) is 49.7 Å². The molecule has 0 aliphatic rings. The Hall–Kier alpha value is -3.36. The van der Waals surface area contributed by atoms with Gasteiger partial charge in [0, 0.05) is 16.7 Å². The first-order valence-corrected chi connectivity index (χ1v) is 10.8. The van der Waals surface area contributed by atoms with Gasteiger partial charge in [-0.15, -0.1) is 0 Å². The molecule has 0 atom stereocenters. The van der Waals surface area contributed by atoms with Crippen molar-refractivity contribution in [2.75, 3.05) is 0 Å². The zero-order chi connectivity index (χ0) is 22.1. The van der Waals surface area contributed by atoms with Gasteiger partial charge in [-0.05, 0) is 72.9 Å². The quantitative estimate of drug-likeness (QED) is 0.311. The van der Waals surface area contributed by atoms with Gasteiger partial charge in [0.2, 0.25) is 0 Å². The number of hydrogen-bond acceptors (Lipinski definition) is 0. The molecular formula is C29H26F2. The van der Waals surface area contributed by atoms with Crippen LogP contribution in [0, 0.1) is 35.3 Å². The van der Waals surface area contributed by atoms with E-state index in [1.165, 1.54) is 5.56 Å². The molecule has 0 spiro atoms. The molecule has 0 nitrogen and oxygen atoms in total. The Balaban J connectivity index is 1.69. The molecule has 3 aromatic rings. The molecule has 0 saturated heterocycles. The molecule has 3 aromatic carbocycles. The molecule has 0 radical (unpaired) electrons. The van der Waals surface area contributed by atoms with E-state index in [1.54, 1.807) is 12.1 Å². The van der Waals surface area contributed by atoms with Crippen LogP contribution >= 0.6 is 0 Å². The molecule has 156 valence electrons. The highest BCUT2D eigenvalue weighted by molar-refractivity contribution is 5.48. The maximum atomic E-state index is 14.4. The van der Waals surface area contributed by atoms with Crippen molar-refractivity contribution in [2.24, 2.45) is 0 Å². The summed E-state index contributed by atoms with van der Waals surface area (Å²) in [5.41, 5.74) is 4.36. The Bertz CT molecular complexity index is 1130. The van der Waals surface area contributed by atoms with Crippen LogP contribution in [0.4, 0.5) is 8.78 Å². The van der Waals surface area contributed by atoms with Crippen molar-refractivity contribution in [1.82, 2.24) is 0 Å². The van der Waals surface area contributed by atoms with Crippen molar-refractivity contribution in [2.45, 2.75) is 46.0 Å². The van der Waals surface area contributed by atoms with E-state index in [1.807, 2.05) is 36.4 Å². The molecule has 0 N–H and O–H groups in total. The van der Waals surface area contributed by atoms with Gasteiger partial charge >= 0.3 is 0 Å². The van der Waals surface area contributed by atoms with Crippen LogP contribution in [-0.2, 0) is 12.8 Å². The first-order chi connectivity index (χ1) is 15.1. The summed E-state index contributed by atoms with van der Waals surface area (Å²) in [6.45, 7) is 4.21. The van der Waals surface area contributed by atoms with E-state index < -0.39 is 11.6 Å². The largest absolute Gasteiger partial charge is 0.203 e. The minimum atomic E-state index is -0.863. The Morgan fingerprint density at radius 2 is 1.16 bits per heavy atom. The van der Waals surface area contributed by atoms with Gasteiger partial charge in [0.05, 0.1) is 5.56 Å². The summed E-state index contributed by atoms with van der Waals surface area (Å²) >= 11 is 0. The van der Waals surface area contributed by atoms with Gasteiger partial charge in [0.1, 0.15) is 0 Å². The summed E-state index contributed by atoms with van der Waals surface area (Å²) < 4.78 is 28.6. The minimum absolute atomic E-state index is 0.0798. The predicted molar refractivity (Wildman–Crippen MR) is 124 cm³/mol. The minimum Gasteiger partial charge on any atom is -0.203 e. The van der Waals surface area contributed by atoms with Crippen molar-refractivity contribution >= 4 is 0 Å². The lowest BCUT2D eigenvalue weighted by Gasteiger charge is -2.05. The number of unbranched alkanes of at least 4 members (excludes halogenated alkanes) is 2. The van der Waals surface area contributed by atoms with Gasteiger partial charge < -0.3 is 0 Å². The van der Waals surface area contributed by atoms with Gasteiger partial charge in [-0.2, -0.15) is 0 Å². The number of halogens is 2. The van der Waals surface area contributed by atoms with Crippen molar-refractivity contribution in [3.05, 3.63) is 106 Å². The first-order valence-electron chi connectivity index (χ1n) is 10.8. The third-order valence-corrected chi connectivity index (χ3v) is 5.15. The lowest BCUT2D eigenvalue weighted by atomic mass is 10.0. The normalized spacial score (nSPS) is 10.1. The second-order valence-corrected chi connectivity index (χ2v) is 7.49. The highest BCUT2D eigenvalue weighted by Crippen LogP contribution is 2.18. The number of hydrogen-bond donors (Lipinski definition) is 0. The molecule has 0 aliphatic heterocycles. The van der Waals surface area contributed by atoms with E-state index in [-0.39, 0.29) is 5.56 Å². The average molecular weight is 413 g/mol. The zero-order valence-corrected chi connectivity index (χ0v) is 18.1. The Morgan fingerprint density at radius 3 is 1.71 bits per heavy atom. The van der Waals surface area contributed by atoms with Crippen molar-refractivity contribution in [3.63, 3.8) is 0 Å². The maximum absolute atomic E-state index is 14.4. The van der Waals surface area contributed by atoms with Crippen LogP contribution in [0.5, 0.6) is 0 Å². The van der Waals surface area contributed by atoms with Crippen molar-refractivity contribution < 1.29 is 8.78 Å². The molecule has 31 heavy (non-hydrogen) atoms. The molecule has 0 heterocycles. The van der Waals surface area contributed by atoms with Gasteiger partial charge in [0.15, 0.2) is 11.6 Å². The highest BCUT2D eigenvalue weighted by Gasteiger charge is 2.11. The van der Waals surface area contributed by atoms with E-state index in [4.69, 9.17) is 0 Å². The third kappa shape index (κ3) is 6.31. The molecule has 2 heteroatoms. The van der Waals surface area contributed by atoms with Crippen LogP contribution in [0.15, 0.2) is 60.7 Å². The van der Waals surface area contributed by atoms with Gasteiger partial charge in [-0.25, -0.2) is 8.78 Å². The molecule has 3 rings (SSSR count). The third-order valence-electron chi connectivity index (χ3n) is 5.15. The van der Waals surface area contributed by atoms with Gasteiger partial charge in [0.25, 0.3) is 0 Å². The Kier molecular flexibility index (Phi) is 8.03. The maximum Gasteiger partial charge on any atom is 0.174 e. The lowest BCUT2D eigenvalue weighted by Crippen LogP contribution is -1.98. The van der Waals surface area contributed by atoms with Gasteiger partial charge in [-0.1, -0.05) is 68.6 Å². The molecule has 0 unspecified atom stereocenters. The van der Waals surface area contributed by atoms with Crippen LogP contribution in [0.25, 0.3) is 0 Å². The molecule has 0 bridgehead atoms. The summed E-state index contributed by atoms with van der Waals surface area (Å²) in [4.78, 5) is 0. The van der Waals surface area contributed by atoms with E-state index in [9.17, 15) is 8.78 Å². The predicted octanol–water partition coefficient (Wildman–Crippen LogP) is 7.06.